The van der Waals surface area contributed by atoms with Crippen LogP contribution in [0.5, 0.6) is 0 Å². The van der Waals surface area contributed by atoms with Gasteiger partial charge < -0.3 is 0 Å². The molecule has 0 aliphatic heterocycles. The van der Waals surface area contributed by atoms with E-state index in [1.807, 2.05) is 6.20 Å². The van der Waals surface area contributed by atoms with Gasteiger partial charge in [-0.3, -0.25) is 4.98 Å². The zero-order chi connectivity index (χ0) is 41.4. The van der Waals surface area contributed by atoms with Gasteiger partial charge in [0.15, 0.2) is 0 Å². The van der Waals surface area contributed by atoms with Crippen molar-refractivity contribution in [3.8, 4) is 67.2 Å². The lowest BCUT2D eigenvalue weighted by molar-refractivity contribution is 0.465. The molecule has 0 fully saturated rings. The highest BCUT2D eigenvalue weighted by Crippen LogP contribution is 2.66. The number of rotatable bonds is 3. The molecule has 2 heteroatoms. The standard InChI is InChI=1S/C61H40N2/c1-37-33-48-45-24-10-16-30-54(45)61(51-27-13-7-21-42(51)43-22-8-14-28-52(43)61)56(48)35-47(37)59-58(63-57(36-62-59)38-17-3-2-4-18-38)39-31-32-46-44-23-9-15-29-53(44)60(55(46)34-39)49-25-11-5-19-40(49)41-20-6-12-26-50(41)60/h2-36,44,53H,1H3. The molecule has 1 heterocycles. The zero-order valence-electron chi connectivity index (χ0n) is 34.8. The van der Waals surface area contributed by atoms with Crippen LogP contribution in [-0.2, 0) is 10.8 Å². The molecule has 0 radical (unpaired) electrons. The highest BCUT2D eigenvalue weighted by atomic mass is 14.8. The van der Waals surface area contributed by atoms with E-state index >= 15 is 0 Å². The molecule has 294 valence electrons. The second-order valence-corrected chi connectivity index (χ2v) is 17.9. The van der Waals surface area contributed by atoms with Gasteiger partial charge in [-0.25, -0.2) is 4.98 Å². The third kappa shape index (κ3) is 4.38. The molecule has 0 saturated heterocycles. The van der Waals surface area contributed by atoms with Gasteiger partial charge in [0.2, 0.25) is 0 Å². The highest BCUT2D eigenvalue weighted by Gasteiger charge is 2.57. The Morgan fingerprint density at radius 2 is 0.952 bits per heavy atom. The third-order valence-corrected chi connectivity index (χ3v) is 15.2. The van der Waals surface area contributed by atoms with Crippen molar-refractivity contribution in [1.82, 2.24) is 9.97 Å². The molecule has 63 heavy (non-hydrogen) atoms. The molecule has 5 aliphatic rings. The summed E-state index contributed by atoms with van der Waals surface area (Å²) in [5.41, 5.74) is 25.0. The molecule has 2 nitrogen and oxygen atoms in total. The number of nitrogens with zero attached hydrogens (tertiary/aromatic N) is 2. The lowest BCUT2D eigenvalue weighted by atomic mass is 9.65. The molecule has 2 unspecified atom stereocenters. The van der Waals surface area contributed by atoms with Crippen LogP contribution >= 0.6 is 0 Å². The number of aromatic nitrogens is 2. The average Bonchev–Trinajstić information content (AvgIpc) is 4.02. The van der Waals surface area contributed by atoms with E-state index in [-0.39, 0.29) is 17.3 Å². The van der Waals surface area contributed by atoms with E-state index in [1.165, 1.54) is 83.5 Å². The fourth-order valence-electron chi connectivity index (χ4n) is 12.8. The van der Waals surface area contributed by atoms with Crippen molar-refractivity contribution in [1.29, 1.82) is 0 Å². The predicted octanol–water partition coefficient (Wildman–Crippen LogP) is 14.3. The van der Waals surface area contributed by atoms with Crippen LogP contribution < -0.4 is 0 Å². The maximum absolute atomic E-state index is 5.65. The molecule has 5 aliphatic carbocycles. The number of allylic oxidation sites excluding steroid dienone is 4. The summed E-state index contributed by atoms with van der Waals surface area (Å²) in [4.78, 5) is 11.1. The first-order chi connectivity index (χ1) is 31.2. The second-order valence-electron chi connectivity index (χ2n) is 17.9. The number of benzene rings is 8. The van der Waals surface area contributed by atoms with Crippen LogP contribution in [0.3, 0.4) is 0 Å². The van der Waals surface area contributed by atoms with Gasteiger partial charge in [0.05, 0.1) is 34.1 Å². The fourth-order valence-corrected chi connectivity index (χ4v) is 12.8. The lowest BCUT2D eigenvalue weighted by Crippen LogP contribution is -2.32. The molecule has 8 aromatic carbocycles. The first-order valence-corrected chi connectivity index (χ1v) is 22.2. The van der Waals surface area contributed by atoms with Crippen molar-refractivity contribution in [2.45, 2.75) is 23.7 Å². The Bertz CT molecular complexity index is 3410. The Morgan fingerprint density at radius 1 is 0.413 bits per heavy atom. The molecular weight excluding hydrogens is 761 g/mol. The van der Waals surface area contributed by atoms with E-state index < -0.39 is 5.41 Å². The molecule has 0 bridgehead atoms. The quantitative estimate of drug-likeness (QED) is 0.178. The van der Waals surface area contributed by atoms with Gasteiger partial charge in [-0.1, -0.05) is 194 Å². The summed E-state index contributed by atoms with van der Waals surface area (Å²) in [6, 6.07) is 68.0. The number of hydrogen-bond donors (Lipinski definition) is 0. The summed E-state index contributed by atoms with van der Waals surface area (Å²) in [6.45, 7) is 2.25. The van der Waals surface area contributed by atoms with E-state index in [9.17, 15) is 0 Å². The Balaban J connectivity index is 1.04. The molecule has 0 N–H and O–H groups in total. The minimum Gasteiger partial charge on any atom is -0.252 e. The maximum atomic E-state index is 5.65. The first kappa shape index (κ1) is 35.0. The zero-order valence-corrected chi connectivity index (χ0v) is 34.8. The van der Waals surface area contributed by atoms with E-state index in [2.05, 4.69) is 213 Å². The first-order valence-electron chi connectivity index (χ1n) is 22.2. The summed E-state index contributed by atoms with van der Waals surface area (Å²) in [5.74, 6) is 0.501. The smallest absolute Gasteiger partial charge is 0.0972 e. The summed E-state index contributed by atoms with van der Waals surface area (Å²) < 4.78 is 0. The third-order valence-electron chi connectivity index (χ3n) is 15.2. The van der Waals surface area contributed by atoms with Crippen LogP contribution in [0, 0.1) is 12.8 Å². The lowest BCUT2D eigenvalue weighted by Gasteiger charge is -2.36. The summed E-state index contributed by atoms with van der Waals surface area (Å²) >= 11 is 0. The Labute approximate surface area is 367 Å². The van der Waals surface area contributed by atoms with Gasteiger partial charge in [-0.2, -0.15) is 0 Å². The van der Waals surface area contributed by atoms with E-state index in [4.69, 9.17) is 9.97 Å². The van der Waals surface area contributed by atoms with Crippen LogP contribution in [-0.4, -0.2) is 9.97 Å². The second kappa shape index (κ2) is 12.7. The van der Waals surface area contributed by atoms with Gasteiger partial charge in [0.1, 0.15) is 0 Å². The molecule has 0 saturated carbocycles. The number of fused-ring (bicyclic) bond motifs is 20. The van der Waals surface area contributed by atoms with Crippen molar-refractivity contribution < 1.29 is 0 Å². The topological polar surface area (TPSA) is 25.8 Å². The van der Waals surface area contributed by atoms with Crippen molar-refractivity contribution in [2.75, 3.05) is 0 Å². The van der Waals surface area contributed by atoms with Gasteiger partial charge in [-0.15, -0.1) is 0 Å². The minimum absolute atomic E-state index is 0.243. The predicted molar refractivity (Wildman–Crippen MR) is 256 cm³/mol. The van der Waals surface area contributed by atoms with Crippen molar-refractivity contribution in [3.63, 3.8) is 0 Å². The van der Waals surface area contributed by atoms with E-state index in [0.717, 1.165) is 33.8 Å². The van der Waals surface area contributed by atoms with Crippen molar-refractivity contribution >= 4 is 0 Å². The monoisotopic (exact) mass is 800 g/mol. The molecular formula is C61H40N2. The summed E-state index contributed by atoms with van der Waals surface area (Å²) in [5, 5.41) is 0. The molecule has 1 aromatic heterocycles. The van der Waals surface area contributed by atoms with Crippen LogP contribution in [0.1, 0.15) is 56.0 Å². The largest absolute Gasteiger partial charge is 0.252 e. The minimum atomic E-state index is -0.459. The van der Waals surface area contributed by atoms with E-state index in [1.54, 1.807) is 0 Å². The Hall–Kier alpha value is -7.68. The maximum Gasteiger partial charge on any atom is 0.0972 e. The molecule has 9 aromatic rings. The SMILES string of the molecule is Cc1cc2c(cc1-c1ncc(-c3ccccc3)nc1-c1ccc3c(c1)C1(c4ccccc4-c4ccccc41)C1C=CC=CC31)C1(c3ccccc3-c3ccccc31)c1ccccc1-2. The van der Waals surface area contributed by atoms with Crippen LogP contribution in [0.25, 0.3) is 67.2 Å². The summed E-state index contributed by atoms with van der Waals surface area (Å²) in [6.07, 6.45) is 11.4. The Kier molecular flexibility index (Phi) is 7.04. The normalized spacial score (nSPS) is 17.7. The highest BCUT2D eigenvalue weighted by molar-refractivity contribution is 5.97. The van der Waals surface area contributed by atoms with Gasteiger partial charge >= 0.3 is 0 Å². The number of hydrogen-bond acceptors (Lipinski definition) is 2. The van der Waals surface area contributed by atoms with E-state index in [0.29, 0.717) is 0 Å². The Morgan fingerprint density at radius 3 is 1.59 bits per heavy atom. The molecule has 14 rings (SSSR count). The van der Waals surface area contributed by atoms with Gasteiger partial charge in [0, 0.05) is 28.5 Å². The van der Waals surface area contributed by atoms with Crippen LogP contribution in [0.15, 0.2) is 212 Å². The van der Waals surface area contributed by atoms with Crippen LogP contribution in [0.2, 0.25) is 0 Å². The number of aryl methyl sites for hydroxylation is 1. The van der Waals surface area contributed by atoms with Gasteiger partial charge in [0.25, 0.3) is 0 Å². The molecule has 2 spiro atoms. The van der Waals surface area contributed by atoms with Gasteiger partial charge in [-0.05, 0) is 103 Å². The van der Waals surface area contributed by atoms with Crippen molar-refractivity contribution in [3.05, 3.63) is 263 Å². The fraction of sp³-hybridized carbons (Fsp3) is 0.0820. The average molecular weight is 801 g/mol. The molecule has 0 amide bonds. The summed E-state index contributed by atoms with van der Waals surface area (Å²) in [7, 11) is 0. The molecule has 2 atom stereocenters. The van der Waals surface area contributed by atoms with Crippen molar-refractivity contribution in [2.24, 2.45) is 5.92 Å². The van der Waals surface area contributed by atoms with Crippen LogP contribution in [0.4, 0.5) is 0 Å².